The Morgan fingerprint density at radius 3 is 2.43 bits per heavy atom. The maximum atomic E-state index is 12.6. The first-order chi connectivity index (χ1) is 10.6. The molecule has 2 aromatic rings. The number of hydrogen-bond acceptors (Lipinski definition) is 7. The van der Waals surface area contributed by atoms with E-state index in [-0.39, 0.29) is 4.90 Å². The molecule has 0 aliphatic rings. The number of non-ortho nitro benzene ring substituents is 1. The predicted octanol–water partition coefficient (Wildman–Crippen LogP) is 1.11. The zero-order chi connectivity index (χ0) is 17.4. The monoisotopic (exact) mass is 334 g/mol. The molecule has 0 radical (unpaired) electrons. The minimum absolute atomic E-state index is 0.126. The van der Waals surface area contributed by atoms with Crippen LogP contribution in [-0.2, 0) is 9.59 Å². The van der Waals surface area contributed by atoms with E-state index in [1.54, 1.807) is 0 Å². The van der Waals surface area contributed by atoms with Crippen molar-refractivity contribution >= 4 is 34.3 Å². The molecule has 1 amide bonds. The van der Waals surface area contributed by atoms with E-state index in [2.05, 4.69) is 14.9 Å². The number of aliphatic carboxylic acids is 1. The molecule has 122 valence electrons. The van der Waals surface area contributed by atoms with Crippen molar-refractivity contribution in [2.24, 2.45) is 0 Å². The van der Waals surface area contributed by atoms with Crippen molar-refractivity contribution in [2.75, 3.05) is 11.4 Å². The zero-order valence-electron chi connectivity index (χ0n) is 10.8. The van der Waals surface area contributed by atoms with E-state index in [4.69, 9.17) is 5.11 Å². The van der Waals surface area contributed by atoms with Gasteiger partial charge in [-0.3, -0.25) is 24.6 Å². The quantitative estimate of drug-likeness (QED) is 0.647. The van der Waals surface area contributed by atoms with E-state index in [0.717, 1.165) is 12.1 Å². The number of anilines is 1. The Kier molecular flexibility index (Phi) is 3.86. The second-order valence-corrected chi connectivity index (χ2v) is 4.11. The number of hydrogen-bond donors (Lipinski definition) is 1. The number of nitro groups is 1. The van der Waals surface area contributed by atoms with Gasteiger partial charge in [-0.2, -0.15) is 13.2 Å². The van der Waals surface area contributed by atoms with Crippen LogP contribution in [0.4, 0.5) is 24.5 Å². The zero-order valence-corrected chi connectivity index (χ0v) is 10.8. The smallest absolute Gasteiger partial charge is 0.471 e. The van der Waals surface area contributed by atoms with Gasteiger partial charge in [-0.05, 0) is 16.4 Å². The highest BCUT2D eigenvalue weighted by Gasteiger charge is 2.44. The van der Waals surface area contributed by atoms with Gasteiger partial charge >= 0.3 is 23.7 Å². The summed E-state index contributed by atoms with van der Waals surface area (Å²) in [5.74, 6) is -4.20. The molecule has 1 aromatic heterocycles. The lowest BCUT2D eigenvalue weighted by Crippen LogP contribution is -2.44. The minimum Gasteiger partial charge on any atom is -0.480 e. The van der Waals surface area contributed by atoms with Crippen molar-refractivity contribution in [3.8, 4) is 0 Å². The highest BCUT2D eigenvalue weighted by atomic mass is 19.4. The fraction of sp³-hybridized carbons (Fsp3) is 0.200. The van der Waals surface area contributed by atoms with Gasteiger partial charge in [0.1, 0.15) is 6.54 Å². The maximum absolute atomic E-state index is 12.6. The molecule has 1 heterocycles. The van der Waals surface area contributed by atoms with Crippen LogP contribution in [0.5, 0.6) is 0 Å². The van der Waals surface area contributed by atoms with Crippen molar-refractivity contribution in [2.45, 2.75) is 6.18 Å². The number of halogens is 3. The van der Waals surface area contributed by atoms with Crippen molar-refractivity contribution < 1.29 is 37.4 Å². The molecule has 13 heteroatoms. The largest absolute Gasteiger partial charge is 0.480 e. The van der Waals surface area contributed by atoms with Crippen molar-refractivity contribution in [3.05, 3.63) is 22.2 Å². The van der Waals surface area contributed by atoms with Gasteiger partial charge in [0, 0.05) is 6.07 Å². The molecule has 1 aromatic carbocycles. The first-order valence-electron chi connectivity index (χ1n) is 5.63. The minimum atomic E-state index is -5.36. The lowest BCUT2D eigenvalue weighted by Gasteiger charge is -2.21. The molecule has 0 saturated carbocycles. The first kappa shape index (κ1) is 16.1. The van der Waals surface area contributed by atoms with Crippen LogP contribution in [0.3, 0.4) is 0 Å². The summed E-state index contributed by atoms with van der Waals surface area (Å²) < 4.78 is 42.1. The van der Waals surface area contributed by atoms with Crippen LogP contribution >= 0.6 is 0 Å². The van der Waals surface area contributed by atoms with Gasteiger partial charge in [-0.1, -0.05) is 0 Å². The molecule has 0 spiro atoms. The summed E-state index contributed by atoms with van der Waals surface area (Å²) in [6, 6.07) is 1.53. The number of benzene rings is 1. The number of aromatic nitrogens is 2. The van der Waals surface area contributed by atoms with Gasteiger partial charge in [0.25, 0.3) is 0 Å². The number of alkyl halides is 3. The molecule has 2 rings (SSSR count). The van der Waals surface area contributed by atoms with Gasteiger partial charge in [-0.15, -0.1) is 0 Å². The summed E-state index contributed by atoms with van der Waals surface area (Å²) in [5, 5.41) is 25.9. The summed E-state index contributed by atoms with van der Waals surface area (Å²) in [6.45, 7) is -1.34. The van der Waals surface area contributed by atoms with E-state index in [1.165, 1.54) is 0 Å². The number of carboxylic acids is 1. The van der Waals surface area contributed by atoms with E-state index in [1.807, 2.05) is 0 Å². The molecule has 0 bridgehead atoms. The van der Waals surface area contributed by atoms with Gasteiger partial charge in [0.15, 0.2) is 5.52 Å². The van der Waals surface area contributed by atoms with Crippen LogP contribution in [0.1, 0.15) is 0 Å². The fourth-order valence-electron chi connectivity index (χ4n) is 1.76. The normalized spacial score (nSPS) is 11.4. The average molecular weight is 334 g/mol. The fourth-order valence-corrected chi connectivity index (χ4v) is 1.76. The molecule has 1 N–H and O–H groups in total. The Bertz CT molecular complexity index is 801. The van der Waals surface area contributed by atoms with Gasteiger partial charge < -0.3 is 5.11 Å². The third-order valence-corrected chi connectivity index (χ3v) is 2.64. The predicted molar refractivity (Wildman–Crippen MR) is 64.5 cm³/mol. The summed E-state index contributed by atoms with van der Waals surface area (Å²) in [7, 11) is 0. The van der Waals surface area contributed by atoms with Crippen LogP contribution < -0.4 is 4.90 Å². The first-order valence-corrected chi connectivity index (χ1v) is 5.63. The van der Waals surface area contributed by atoms with Gasteiger partial charge in [0.2, 0.25) is 5.52 Å². The van der Waals surface area contributed by atoms with Gasteiger partial charge in [-0.25, -0.2) is 4.63 Å². The van der Waals surface area contributed by atoms with Gasteiger partial charge in [0.05, 0.1) is 10.6 Å². The highest BCUT2D eigenvalue weighted by Crippen LogP contribution is 2.33. The molecule has 0 aliphatic carbocycles. The summed E-state index contributed by atoms with van der Waals surface area (Å²) >= 11 is 0. The molecule has 23 heavy (non-hydrogen) atoms. The summed E-state index contributed by atoms with van der Waals surface area (Å²) in [6.07, 6.45) is -5.36. The Labute approximate surface area is 123 Å². The Morgan fingerprint density at radius 2 is 1.91 bits per heavy atom. The standard InChI is InChI=1S/C10H5F3N4O6/c11-10(12,13)9(20)16(3-6(18)19)4-1-2-5(17(21)22)8-7(4)14-23-15-8/h1-2H,3H2,(H,18,19). The number of rotatable bonds is 4. The number of nitrogens with zero attached hydrogens (tertiary/aromatic N) is 4. The molecule has 0 atom stereocenters. The number of amides is 1. The van der Waals surface area contributed by atoms with Crippen molar-refractivity contribution in [1.82, 2.24) is 10.3 Å². The third-order valence-electron chi connectivity index (χ3n) is 2.64. The number of carboxylic acid groups (broad SMARTS) is 1. The topological polar surface area (TPSA) is 140 Å². The lowest BCUT2D eigenvalue weighted by molar-refractivity contribution is -0.383. The maximum Gasteiger partial charge on any atom is 0.471 e. The second kappa shape index (κ2) is 5.51. The van der Waals surface area contributed by atoms with Crippen molar-refractivity contribution in [3.63, 3.8) is 0 Å². The van der Waals surface area contributed by atoms with E-state index in [9.17, 15) is 32.9 Å². The van der Waals surface area contributed by atoms with E-state index < -0.39 is 51.9 Å². The average Bonchev–Trinajstić information content (AvgIpc) is 2.90. The third kappa shape index (κ3) is 3.02. The SMILES string of the molecule is O=C(O)CN(C(=O)C(F)(F)F)c1ccc([N+](=O)[O-])c2nonc12. The molecule has 0 unspecified atom stereocenters. The van der Waals surface area contributed by atoms with Crippen LogP contribution in [-0.4, -0.2) is 44.9 Å². The van der Waals surface area contributed by atoms with E-state index >= 15 is 0 Å². The second-order valence-electron chi connectivity index (χ2n) is 4.11. The molecule has 10 nitrogen and oxygen atoms in total. The van der Waals surface area contributed by atoms with Crippen LogP contribution in [0.25, 0.3) is 11.0 Å². The highest BCUT2D eigenvalue weighted by molar-refractivity contribution is 6.07. The molecule has 0 aliphatic heterocycles. The number of fused-ring (bicyclic) bond motifs is 1. The van der Waals surface area contributed by atoms with Crippen LogP contribution in [0.15, 0.2) is 16.8 Å². The molecule has 0 saturated heterocycles. The van der Waals surface area contributed by atoms with Crippen LogP contribution in [0, 0.1) is 10.1 Å². The van der Waals surface area contributed by atoms with Crippen LogP contribution in [0.2, 0.25) is 0 Å². The molecule has 0 fully saturated rings. The summed E-state index contributed by atoms with van der Waals surface area (Å²) in [5.41, 5.74) is -2.31. The molecular formula is C10H5F3N4O6. The number of carbonyl (C=O) groups excluding carboxylic acids is 1. The molecular weight excluding hydrogens is 329 g/mol. The lowest BCUT2D eigenvalue weighted by atomic mass is 10.2. The van der Waals surface area contributed by atoms with E-state index in [0.29, 0.717) is 0 Å². The Morgan fingerprint density at radius 1 is 1.30 bits per heavy atom. The summed E-state index contributed by atoms with van der Waals surface area (Å²) in [4.78, 5) is 31.9. The Hall–Kier alpha value is -3.25. The number of carbonyl (C=O) groups is 2. The number of nitro benzene ring substituents is 1. The van der Waals surface area contributed by atoms with Crippen molar-refractivity contribution in [1.29, 1.82) is 0 Å². The Balaban J connectivity index is 2.64.